The first-order chi connectivity index (χ1) is 7.99. The maximum Gasteiger partial charge on any atom is 0.223 e. The predicted molar refractivity (Wildman–Crippen MR) is 71.1 cm³/mol. The van der Waals surface area contributed by atoms with E-state index in [-0.39, 0.29) is 11.9 Å². The van der Waals surface area contributed by atoms with Gasteiger partial charge in [-0.15, -0.1) is 0 Å². The highest BCUT2D eigenvalue weighted by Crippen LogP contribution is 2.10. The number of amides is 1. The number of benzene rings is 1. The van der Waals surface area contributed by atoms with Gasteiger partial charge in [0.2, 0.25) is 5.91 Å². The molecule has 1 aromatic carbocycles. The molecule has 1 aromatic rings. The summed E-state index contributed by atoms with van der Waals surface area (Å²) in [6.45, 7) is 2.54. The number of nitrogens with two attached hydrogens (primary N) is 1. The number of nitrogens with zero attached hydrogens (tertiary/aromatic N) is 1. The van der Waals surface area contributed by atoms with E-state index in [1.54, 1.807) is 11.9 Å². The van der Waals surface area contributed by atoms with Crippen LogP contribution >= 0.6 is 11.6 Å². The molecule has 3 nitrogen and oxygen atoms in total. The second kappa shape index (κ2) is 6.62. The Bertz CT molecular complexity index is 362. The van der Waals surface area contributed by atoms with Crippen LogP contribution in [0.25, 0.3) is 0 Å². The van der Waals surface area contributed by atoms with Gasteiger partial charge in [0.25, 0.3) is 0 Å². The van der Waals surface area contributed by atoms with Crippen molar-refractivity contribution in [2.24, 2.45) is 5.73 Å². The summed E-state index contributed by atoms with van der Waals surface area (Å²) >= 11 is 5.80. The summed E-state index contributed by atoms with van der Waals surface area (Å²) in [5.41, 5.74) is 6.77. The highest BCUT2D eigenvalue weighted by atomic mass is 35.5. The Morgan fingerprint density at radius 2 is 2.00 bits per heavy atom. The van der Waals surface area contributed by atoms with Crippen molar-refractivity contribution >= 4 is 17.5 Å². The first-order valence-electron chi connectivity index (χ1n) is 5.73. The van der Waals surface area contributed by atoms with Crippen molar-refractivity contribution in [1.29, 1.82) is 0 Å². The third kappa shape index (κ3) is 5.20. The second-order valence-electron chi connectivity index (χ2n) is 4.37. The number of carbonyl (C=O) groups excluding carboxylic acids is 1. The molecule has 0 aliphatic carbocycles. The zero-order valence-electron chi connectivity index (χ0n) is 10.3. The zero-order valence-corrected chi connectivity index (χ0v) is 11.1. The lowest BCUT2D eigenvalue weighted by Crippen LogP contribution is -2.33. The van der Waals surface area contributed by atoms with Crippen LogP contribution in [-0.4, -0.2) is 30.4 Å². The second-order valence-corrected chi connectivity index (χ2v) is 4.81. The number of hydrogen-bond acceptors (Lipinski definition) is 2. The summed E-state index contributed by atoms with van der Waals surface area (Å²) in [6, 6.07) is 7.60. The van der Waals surface area contributed by atoms with Gasteiger partial charge in [0.15, 0.2) is 0 Å². The molecule has 0 saturated carbocycles. The van der Waals surface area contributed by atoms with Gasteiger partial charge in [-0.3, -0.25) is 4.79 Å². The lowest BCUT2D eigenvalue weighted by Gasteiger charge is -2.18. The fourth-order valence-corrected chi connectivity index (χ4v) is 1.63. The Hall–Kier alpha value is -1.06. The van der Waals surface area contributed by atoms with E-state index in [2.05, 4.69) is 0 Å². The predicted octanol–water partition coefficient (Wildman–Crippen LogP) is 2.08. The van der Waals surface area contributed by atoms with Gasteiger partial charge >= 0.3 is 0 Å². The molecule has 0 radical (unpaired) electrons. The molecule has 0 aromatic heterocycles. The summed E-state index contributed by atoms with van der Waals surface area (Å²) in [5.74, 6) is 0.0916. The quantitative estimate of drug-likeness (QED) is 0.875. The van der Waals surface area contributed by atoms with Crippen LogP contribution in [-0.2, 0) is 11.2 Å². The average molecular weight is 255 g/mol. The molecule has 2 N–H and O–H groups in total. The fourth-order valence-electron chi connectivity index (χ4n) is 1.50. The topological polar surface area (TPSA) is 46.3 Å². The minimum Gasteiger partial charge on any atom is -0.345 e. The van der Waals surface area contributed by atoms with Gasteiger partial charge in [-0.05, 0) is 31.0 Å². The molecule has 0 fully saturated rings. The smallest absolute Gasteiger partial charge is 0.223 e. The van der Waals surface area contributed by atoms with Crippen molar-refractivity contribution in [3.63, 3.8) is 0 Å². The maximum absolute atomic E-state index is 11.7. The van der Waals surface area contributed by atoms with Gasteiger partial charge in [-0.2, -0.15) is 0 Å². The number of rotatable bonds is 5. The highest BCUT2D eigenvalue weighted by Gasteiger charge is 2.10. The van der Waals surface area contributed by atoms with E-state index < -0.39 is 0 Å². The van der Waals surface area contributed by atoms with E-state index in [4.69, 9.17) is 17.3 Å². The molecule has 1 atom stereocenters. The summed E-state index contributed by atoms with van der Waals surface area (Å²) in [4.78, 5) is 13.4. The van der Waals surface area contributed by atoms with Crippen LogP contribution in [0.3, 0.4) is 0 Å². The standard InChI is InChI=1S/C13H19ClN2O/c1-10(15)9-13(17)16(2)8-7-11-3-5-12(14)6-4-11/h3-6,10H,7-9,15H2,1-2H3. The molecule has 0 aliphatic rings. The van der Waals surface area contributed by atoms with E-state index in [9.17, 15) is 4.79 Å². The minimum absolute atomic E-state index is 0.0829. The summed E-state index contributed by atoms with van der Waals surface area (Å²) in [6.07, 6.45) is 1.23. The SMILES string of the molecule is CC(N)CC(=O)N(C)CCc1ccc(Cl)cc1. The molecule has 94 valence electrons. The Morgan fingerprint density at radius 3 is 2.53 bits per heavy atom. The monoisotopic (exact) mass is 254 g/mol. The van der Waals surface area contributed by atoms with Gasteiger partial charge in [0.05, 0.1) is 0 Å². The molecule has 0 bridgehead atoms. The van der Waals surface area contributed by atoms with Crippen molar-refractivity contribution in [3.05, 3.63) is 34.9 Å². The molecule has 4 heteroatoms. The molecule has 0 saturated heterocycles. The summed E-state index contributed by atoms with van der Waals surface area (Å²) < 4.78 is 0. The van der Waals surface area contributed by atoms with Gasteiger partial charge in [0.1, 0.15) is 0 Å². The Morgan fingerprint density at radius 1 is 1.41 bits per heavy atom. The zero-order chi connectivity index (χ0) is 12.8. The Kier molecular flexibility index (Phi) is 5.45. The molecule has 0 spiro atoms. The number of carbonyl (C=O) groups is 1. The largest absolute Gasteiger partial charge is 0.345 e. The Labute approximate surface area is 108 Å². The van der Waals surface area contributed by atoms with Crippen molar-refractivity contribution in [1.82, 2.24) is 4.90 Å². The Balaban J connectivity index is 2.40. The van der Waals surface area contributed by atoms with Crippen LogP contribution in [0.1, 0.15) is 18.9 Å². The van der Waals surface area contributed by atoms with Gasteiger partial charge < -0.3 is 10.6 Å². The highest BCUT2D eigenvalue weighted by molar-refractivity contribution is 6.30. The summed E-state index contributed by atoms with van der Waals surface area (Å²) in [5, 5.41) is 0.732. The molecule has 1 unspecified atom stereocenters. The van der Waals surface area contributed by atoms with Crippen molar-refractivity contribution in [2.75, 3.05) is 13.6 Å². The lowest BCUT2D eigenvalue weighted by atomic mass is 10.1. The molecule has 1 amide bonds. The molecular weight excluding hydrogens is 236 g/mol. The number of halogens is 1. The van der Waals surface area contributed by atoms with Crippen LogP contribution < -0.4 is 5.73 Å². The first kappa shape index (κ1) is 14.0. The number of hydrogen-bond donors (Lipinski definition) is 1. The molecular formula is C13H19ClN2O. The van der Waals surface area contributed by atoms with Gasteiger partial charge in [-0.1, -0.05) is 23.7 Å². The first-order valence-corrected chi connectivity index (χ1v) is 6.11. The minimum atomic E-state index is -0.0829. The van der Waals surface area contributed by atoms with Crippen molar-refractivity contribution < 1.29 is 4.79 Å². The molecule has 1 rings (SSSR count). The average Bonchev–Trinajstić information content (AvgIpc) is 2.27. The lowest BCUT2D eigenvalue weighted by molar-refractivity contribution is -0.130. The number of likely N-dealkylation sites (N-methyl/N-ethyl adjacent to an activating group) is 1. The van der Waals surface area contributed by atoms with E-state index in [1.807, 2.05) is 31.2 Å². The van der Waals surface area contributed by atoms with Crippen molar-refractivity contribution in [2.45, 2.75) is 25.8 Å². The third-order valence-corrected chi connectivity index (χ3v) is 2.82. The molecule has 0 heterocycles. The van der Waals surface area contributed by atoms with E-state index in [1.165, 1.54) is 5.56 Å². The normalized spacial score (nSPS) is 12.2. The summed E-state index contributed by atoms with van der Waals surface area (Å²) in [7, 11) is 1.81. The van der Waals surface area contributed by atoms with E-state index in [0.29, 0.717) is 13.0 Å². The van der Waals surface area contributed by atoms with Crippen LogP contribution in [0.5, 0.6) is 0 Å². The van der Waals surface area contributed by atoms with Gasteiger partial charge in [0, 0.05) is 31.1 Å². The maximum atomic E-state index is 11.7. The van der Waals surface area contributed by atoms with Crippen LogP contribution in [0.4, 0.5) is 0 Å². The third-order valence-electron chi connectivity index (χ3n) is 2.57. The van der Waals surface area contributed by atoms with Crippen molar-refractivity contribution in [3.8, 4) is 0 Å². The van der Waals surface area contributed by atoms with Crippen LogP contribution in [0, 0.1) is 0 Å². The van der Waals surface area contributed by atoms with Gasteiger partial charge in [-0.25, -0.2) is 0 Å². The molecule has 17 heavy (non-hydrogen) atoms. The van der Waals surface area contributed by atoms with E-state index >= 15 is 0 Å². The van der Waals surface area contributed by atoms with Crippen LogP contribution in [0.2, 0.25) is 5.02 Å². The van der Waals surface area contributed by atoms with Crippen LogP contribution in [0.15, 0.2) is 24.3 Å². The van der Waals surface area contributed by atoms with E-state index in [0.717, 1.165) is 11.4 Å². The molecule has 0 aliphatic heterocycles. The fraction of sp³-hybridized carbons (Fsp3) is 0.462.